The summed E-state index contributed by atoms with van der Waals surface area (Å²) < 4.78 is 0. The Morgan fingerprint density at radius 2 is 1.37 bits per heavy atom. The van der Waals surface area contributed by atoms with E-state index in [1.807, 2.05) is 104 Å². The van der Waals surface area contributed by atoms with E-state index in [0.717, 1.165) is 22.4 Å². The molecule has 0 spiro atoms. The predicted molar refractivity (Wildman–Crippen MR) is 120 cm³/mol. The highest BCUT2D eigenvalue weighted by Gasteiger charge is 2.41. The van der Waals surface area contributed by atoms with E-state index in [9.17, 15) is 9.59 Å². The Kier molecular flexibility index (Phi) is 5.48. The molecule has 3 aromatic rings. The number of anilines is 1. The van der Waals surface area contributed by atoms with Crippen molar-refractivity contribution in [2.45, 2.75) is 20.4 Å². The van der Waals surface area contributed by atoms with Crippen molar-refractivity contribution in [2.24, 2.45) is 0 Å². The van der Waals surface area contributed by atoms with E-state index < -0.39 is 0 Å². The number of hydrogen-bond acceptors (Lipinski definition) is 3. The number of rotatable bonds is 6. The van der Waals surface area contributed by atoms with Gasteiger partial charge in [-0.2, -0.15) is 0 Å². The van der Waals surface area contributed by atoms with Crippen molar-refractivity contribution >= 4 is 23.1 Å². The van der Waals surface area contributed by atoms with Crippen LogP contribution in [0.2, 0.25) is 0 Å². The van der Waals surface area contributed by atoms with E-state index in [1.54, 1.807) is 0 Å². The summed E-state index contributed by atoms with van der Waals surface area (Å²) in [6.07, 6.45) is 0. The van der Waals surface area contributed by atoms with Gasteiger partial charge < -0.3 is 4.90 Å². The third-order valence-electron chi connectivity index (χ3n) is 5.32. The van der Waals surface area contributed by atoms with Crippen LogP contribution in [0.5, 0.6) is 0 Å². The Labute approximate surface area is 177 Å². The number of amides is 2. The molecule has 2 amide bonds. The minimum atomic E-state index is -0.259. The molecule has 30 heavy (non-hydrogen) atoms. The largest absolute Gasteiger partial charge is 0.337 e. The van der Waals surface area contributed by atoms with Crippen LogP contribution in [-0.4, -0.2) is 23.3 Å². The van der Waals surface area contributed by atoms with Crippen molar-refractivity contribution in [2.75, 3.05) is 11.4 Å². The second kappa shape index (κ2) is 8.37. The number of aryl methyl sites for hydroxylation is 1. The first-order chi connectivity index (χ1) is 14.6. The number of para-hydroxylation sites is 1. The average Bonchev–Trinajstić information content (AvgIpc) is 3.02. The minimum Gasteiger partial charge on any atom is -0.337 e. The van der Waals surface area contributed by atoms with Crippen molar-refractivity contribution in [1.29, 1.82) is 0 Å². The van der Waals surface area contributed by atoms with E-state index in [2.05, 4.69) is 0 Å². The summed E-state index contributed by atoms with van der Waals surface area (Å²) in [7, 11) is 0. The van der Waals surface area contributed by atoms with E-state index in [0.29, 0.717) is 17.8 Å². The third kappa shape index (κ3) is 3.64. The Hall–Kier alpha value is -3.66. The number of imide groups is 1. The van der Waals surface area contributed by atoms with Gasteiger partial charge in [-0.1, -0.05) is 78.4 Å². The van der Waals surface area contributed by atoms with Crippen LogP contribution in [0.25, 0.3) is 5.57 Å². The Morgan fingerprint density at radius 1 is 0.767 bits per heavy atom. The highest BCUT2D eigenvalue weighted by atomic mass is 16.2. The smallest absolute Gasteiger partial charge is 0.278 e. The molecule has 0 unspecified atom stereocenters. The zero-order valence-electron chi connectivity index (χ0n) is 17.2. The number of carbonyl (C=O) groups is 2. The van der Waals surface area contributed by atoms with Gasteiger partial charge in [-0.15, -0.1) is 0 Å². The molecule has 0 aliphatic carbocycles. The monoisotopic (exact) mass is 396 g/mol. The van der Waals surface area contributed by atoms with Crippen molar-refractivity contribution in [3.8, 4) is 0 Å². The van der Waals surface area contributed by atoms with Gasteiger partial charge in [0.15, 0.2) is 0 Å². The maximum atomic E-state index is 13.6. The zero-order chi connectivity index (χ0) is 21.1. The summed E-state index contributed by atoms with van der Waals surface area (Å²) in [6.45, 7) is 4.84. The van der Waals surface area contributed by atoms with Crippen molar-refractivity contribution < 1.29 is 9.59 Å². The molecule has 1 aliphatic rings. The lowest BCUT2D eigenvalue weighted by molar-refractivity contribution is -0.137. The molecule has 0 aromatic heterocycles. The first-order valence-electron chi connectivity index (χ1n) is 10.1. The van der Waals surface area contributed by atoms with E-state index in [4.69, 9.17) is 0 Å². The lowest BCUT2D eigenvalue weighted by atomic mass is 10.0. The van der Waals surface area contributed by atoms with Crippen molar-refractivity contribution in [3.63, 3.8) is 0 Å². The number of benzene rings is 3. The van der Waals surface area contributed by atoms with Gasteiger partial charge in [0.05, 0.1) is 12.1 Å². The van der Waals surface area contributed by atoms with Gasteiger partial charge in [0, 0.05) is 12.2 Å². The van der Waals surface area contributed by atoms with Gasteiger partial charge in [0.1, 0.15) is 5.70 Å². The van der Waals surface area contributed by atoms with Crippen LogP contribution in [0.15, 0.2) is 90.6 Å². The molecule has 4 nitrogen and oxygen atoms in total. The molecule has 0 N–H and O–H groups in total. The number of likely N-dealkylation sites (N-methyl/N-ethyl adjacent to an activating group) is 1. The second-order valence-corrected chi connectivity index (χ2v) is 7.35. The fraction of sp³-hybridized carbons (Fsp3) is 0.154. The van der Waals surface area contributed by atoms with Crippen molar-refractivity contribution in [1.82, 2.24) is 4.90 Å². The first kappa shape index (κ1) is 19.6. The topological polar surface area (TPSA) is 40.6 Å². The van der Waals surface area contributed by atoms with Crippen LogP contribution in [0.1, 0.15) is 23.6 Å². The third-order valence-corrected chi connectivity index (χ3v) is 5.32. The summed E-state index contributed by atoms with van der Waals surface area (Å²) >= 11 is 0. The van der Waals surface area contributed by atoms with Gasteiger partial charge in [0.25, 0.3) is 11.8 Å². The van der Waals surface area contributed by atoms with Crippen LogP contribution >= 0.6 is 0 Å². The van der Waals surface area contributed by atoms with Crippen LogP contribution in [0, 0.1) is 6.92 Å². The van der Waals surface area contributed by atoms with Gasteiger partial charge in [-0.25, -0.2) is 0 Å². The number of hydrogen-bond donors (Lipinski definition) is 0. The van der Waals surface area contributed by atoms with Gasteiger partial charge >= 0.3 is 0 Å². The summed E-state index contributed by atoms with van der Waals surface area (Å²) in [5.74, 6) is -0.513. The quantitative estimate of drug-likeness (QED) is 0.562. The molecule has 0 atom stereocenters. The summed E-state index contributed by atoms with van der Waals surface area (Å²) in [5, 5.41) is 0. The molecule has 0 radical (unpaired) electrons. The Balaban J connectivity index is 1.80. The SMILES string of the molecule is CCN(C1=C(c2ccccc2)C(=O)N(Cc2ccc(C)cc2)C1=O)c1ccccc1. The maximum Gasteiger partial charge on any atom is 0.278 e. The molecule has 1 aliphatic heterocycles. The second-order valence-electron chi connectivity index (χ2n) is 7.35. The van der Waals surface area contributed by atoms with Gasteiger partial charge in [0.2, 0.25) is 0 Å². The van der Waals surface area contributed by atoms with E-state index in [-0.39, 0.29) is 18.4 Å². The molecule has 0 bridgehead atoms. The maximum absolute atomic E-state index is 13.6. The number of nitrogens with zero attached hydrogens (tertiary/aromatic N) is 2. The zero-order valence-corrected chi connectivity index (χ0v) is 17.2. The predicted octanol–water partition coefficient (Wildman–Crippen LogP) is 4.80. The first-order valence-corrected chi connectivity index (χ1v) is 10.1. The van der Waals surface area contributed by atoms with Crippen molar-refractivity contribution in [3.05, 3.63) is 107 Å². The van der Waals surface area contributed by atoms with Crippen LogP contribution in [-0.2, 0) is 16.1 Å². The van der Waals surface area contributed by atoms with Crippen LogP contribution < -0.4 is 4.90 Å². The lowest BCUT2D eigenvalue weighted by Gasteiger charge is -2.25. The standard InChI is InChI=1S/C26H24N2O2/c1-3-27(22-12-8-5-9-13-22)24-23(21-10-6-4-7-11-21)25(29)28(26(24)30)18-20-16-14-19(2)15-17-20/h4-17H,3,18H2,1-2H3. The minimum absolute atomic E-state index is 0.254. The molecule has 0 fully saturated rings. The van der Waals surface area contributed by atoms with Crippen LogP contribution in [0.3, 0.4) is 0 Å². The molecule has 4 rings (SSSR count). The molecule has 3 aromatic carbocycles. The lowest BCUT2D eigenvalue weighted by Crippen LogP contribution is -2.34. The highest BCUT2D eigenvalue weighted by Crippen LogP contribution is 2.34. The molecule has 150 valence electrons. The summed E-state index contributed by atoms with van der Waals surface area (Å²) in [5.41, 5.74) is 4.61. The van der Waals surface area contributed by atoms with Gasteiger partial charge in [-0.3, -0.25) is 14.5 Å². The molecule has 1 heterocycles. The fourth-order valence-electron chi connectivity index (χ4n) is 3.78. The highest BCUT2D eigenvalue weighted by molar-refractivity contribution is 6.36. The number of carbonyl (C=O) groups excluding carboxylic acids is 2. The molecular weight excluding hydrogens is 372 g/mol. The average molecular weight is 396 g/mol. The molecule has 0 saturated heterocycles. The molecule has 4 heteroatoms. The van der Waals surface area contributed by atoms with E-state index in [1.165, 1.54) is 4.90 Å². The fourth-order valence-corrected chi connectivity index (χ4v) is 3.78. The van der Waals surface area contributed by atoms with E-state index >= 15 is 0 Å². The van der Waals surface area contributed by atoms with Gasteiger partial charge in [-0.05, 0) is 37.1 Å². The summed E-state index contributed by atoms with van der Waals surface area (Å²) in [6, 6.07) is 27.1. The Bertz CT molecular complexity index is 1090. The normalized spacial score (nSPS) is 13.9. The van der Waals surface area contributed by atoms with Crippen LogP contribution in [0.4, 0.5) is 5.69 Å². The molecule has 0 saturated carbocycles. The molecular formula is C26H24N2O2. The Morgan fingerprint density at radius 3 is 1.97 bits per heavy atom. The summed E-state index contributed by atoms with van der Waals surface area (Å²) in [4.78, 5) is 30.3.